The number of carbonyl (C=O) groups is 1. The fourth-order valence-corrected chi connectivity index (χ4v) is 2.05. The molecule has 0 amide bonds. The molecule has 0 aliphatic carbocycles. The maximum absolute atomic E-state index is 12.1. The van der Waals surface area contributed by atoms with Gasteiger partial charge in [-0.1, -0.05) is 36.7 Å². The van der Waals surface area contributed by atoms with E-state index in [4.69, 9.17) is 10.2 Å². The number of hydrogen-bond donors (Lipinski definition) is 1. The maximum atomic E-state index is 12.1. The molecule has 0 aromatic heterocycles. The van der Waals surface area contributed by atoms with Crippen molar-refractivity contribution >= 4 is 18.4 Å². The molecule has 4 heteroatoms. The summed E-state index contributed by atoms with van der Waals surface area (Å²) in [4.78, 5) is 12.1. The molecule has 3 nitrogen and oxygen atoms in total. The van der Waals surface area contributed by atoms with Gasteiger partial charge >= 0.3 is 5.97 Å². The monoisotopic (exact) mass is 273 g/mol. The van der Waals surface area contributed by atoms with E-state index in [-0.39, 0.29) is 25.4 Å². The van der Waals surface area contributed by atoms with Crippen LogP contribution in [-0.2, 0) is 9.53 Å². The molecule has 1 aliphatic heterocycles. The topological polar surface area (TPSA) is 38.3 Å². The van der Waals surface area contributed by atoms with Crippen LogP contribution in [0.2, 0.25) is 0 Å². The first-order valence-corrected chi connectivity index (χ1v) is 5.65. The quantitative estimate of drug-likeness (QED) is 0.860. The van der Waals surface area contributed by atoms with Crippen molar-refractivity contribution in [1.82, 2.24) is 5.32 Å². The molecule has 1 aliphatic rings. The van der Waals surface area contributed by atoms with E-state index >= 15 is 0 Å². The molecule has 100 valence electrons. The van der Waals surface area contributed by atoms with Gasteiger partial charge in [0.25, 0.3) is 0 Å². The van der Waals surface area contributed by atoms with Crippen molar-refractivity contribution in [3.05, 3.63) is 35.9 Å². The number of nitrogens with one attached hydrogen (secondary N) is 1. The van der Waals surface area contributed by atoms with E-state index in [2.05, 4.69) is 5.32 Å². The molecule has 1 saturated heterocycles. The van der Waals surface area contributed by atoms with E-state index in [1.807, 2.05) is 18.2 Å². The van der Waals surface area contributed by atoms with Gasteiger partial charge in [-0.25, -0.2) is 0 Å². The Kier molecular flexibility index (Phi) is 4.03. The number of rotatable bonds is 3. The molecule has 1 aromatic carbocycles. The van der Waals surface area contributed by atoms with Crippen molar-refractivity contribution < 1.29 is 15.0 Å². The van der Waals surface area contributed by atoms with Crippen molar-refractivity contribution in [3.63, 3.8) is 0 Å². The Morgan fingerprint density at radius 2 is 2.17 bits per heavy atom. The molecule has 1 unspecified atom stereocenters. The third-order valence-electron chi connectivity index (χ3n) is 2.92. The first-order chi connectivity index (χ1) is 9.78. The zero-order valence-electron chi connectivity index (χ0n) is 14.2. The molecule has 0 saturated carbocycles. The number of hydrogen-bond acceptors (Lipinski definition) is 3. The summed E-state index contributed by atoms with van der Waals surface area (Å²) in [5.41, 5.74) is 0.736. The minimum Gasteiger partial charge on any atom is -0.469 e. The summed E-state index contributed by atoms with van der Waals surface area (Å²) < 4.78 is 36.1. The van der Waals surface area contributed by atoms with Crippen LogP contribution in [0.4, 0.5) is 0 Å². The molecule has 2 rings (SSSR count). The summed E-state index contributed by atoms with van der Waals surface area (Å²) >= 11 is 0. The Bertz CT molecular complexity index is 513. The van der Waals surface area contributed by atoms with E-state index in [1.54, 1.807) is 12.1 Å². The van der Waals surface area contributed by atoms with Crippen molar-refractivity contribution in [2.45, 2.75) is 31.1 Å². The molecule has 1 fully saturated rings. The first-order valence-electron chi connectivity index (χ1n) is 7.65. The van der Waals surface area contributed by atoms with Crippen LogP contribution in [0.15, 0.2) is 30.3 Å². The lowest BCUT2D eigenvalue weighted by Crippen LogP contribution is -2.42. The van der Waals surface area contributed by atoms with E-state index in [0.29, 0.717) is 0 Å². The fraction of sp³-hybridized carbons (Fsp3) is 0.500. The number of methoxy groups -OCH3 is 1. The molecular weight excluding hydrogens is 250 g/mol. The van der Waals surface area contributed by atoms with E-state index in [9.17, 15) is 4.79 Å². The van der Waals surface area contributed by atoms with Gasteiger partial charge in [-0.3, -0.25) is 4.79 Å². The lowest BCUT2D eigenvalue weighted by Gasteiger charge is -2.29. The number of piperidine rings is 1. The number of benzene rings is 1. The van der Waals surface area contributed by atoms with Gasteiger partial charge in [0.15, 0.2) is 0 Å². The van der Waals surface area contributed by atoms with Gasteiger partial charge in [-0.05, 0) is 24.9 Å². The SMILES string of the molecule is Cl.[2H]C1([2H])CN[C@H](C(C(=O)OC)c2ccccc2)CC1([2H])[2H]. The van der Waals surface area contributed by atoms with E-state index in [0.717, 1.165) is 5.56 Å². The van der Waals surface area contributed by atoms with Crippen LogP contribution in [-0.4, -0.2) is 25.7 Å². The third-order valence-corrected chi connectivity index (χ3v) is 2.92. The van der Waals surface area contributed by atoms with Crippen LogP contribution in [0.25, 0.3) is 0 Å². The number of esters is 1. The smallest absolute Gasteiger partial charge is 0.314 e. The van der Waals surface area contributed by atoms with Gasteiger partial charge in [0.1, 0.15) is 0 Å². The molecule has 1 heterocycles. The van der Waals surface area contributed by atoms with Crippen molar-refractivity contribution in [2.75, 3.05) is 13.7 Å². The van der Waals surface area contributed by atoms with Crippen LogP contribution in [0.3, 0.4) is 0 Å². The largest absolute Gasteiger partial charge is 0.469 e. The van der Waals surface area contributed by atoms with Gasteiger partial charge in [0.05, 0.1) is 13.0 Å². The molecule has 1 N–H and O–H groups in total. The van der Waals surface area contributed by atoms with E-state index in [1.165, 1.54) is 7.11 Å². The zero-order valence-corrected chi connectivity index (χ0v) is 11.0. The fourth-order valence-electron chi connectivity index (χ4n) is 2.05. The second-order valence-electron chi connectivity index (χ2n) is 3.96. The average molecular weight is 274 g/mol. The Labute approximate surface area is 120 Å². The van der Waals surface area contributed by atoms with Gasteiger partial charge in [0.2, 0.25) is 0 Å². The second-order valence-corrected chi connectivity index (χ2v) is 3.96. The Morgan fingerprint density at radius 3 is 2.78 bits per heavy atom. The lowest BCUT2D eigenvalue weighted by atomic mass is 9.86. The predicted octanol–water partition coefficient (Wildman–Crippen LogP) is 2.51. The van der Waals surface area contributed by atoms with Crippen LogP contribution in [0, 0.1) is 0 Å². The van der Waals surface area contributed by atoms with Gasteiger partial charge < -0.3 is 10.1 Å². The highest BCUT2D eigenvalue weighted by molar-refractivity contribution is 5.85. The molecule has 2 atom stereocenters. The van der Waals surface area contributed by atoms with Crippen LogP contribution < -0.4 is 5.32 Å². The second kappa shape index (κ2) is 7.39. The highest BCUT2D eigenvalue weighted by Crippen LogP contribution is 2.26. The van der Waals surface area contributed by atoms with Gasteiger partial charge in [-0.15, -0.1) is 12.4 Å². The number of ether oxygens (including phenoxy) is 1. The number of halogens is 1. The van der Waals surface area contributed by atoms with Crippen LogP contribution in [0.5, 0.6) is 0 Å². The molecule has 18 heavy (non-hydrogen) atoms. The lowest BCUT2D eigenvalue weighted by molar-refractivity contribution is -0.143. The van der Waals surface area contributed by atoms with Crippen LogP contribution >= 0.6 is 12.4 Å². The zero-order chi connectivity index (χ0) is 15.7. The summed E-state index contributed by atoms with van der Waals surface area (Å²) in [5, 5.41) is 2.96. The highest BCUT2D eigenvalue weighted by Gasteiger charge is 2.31. The minimum atomic E-state index is -2.00. The van der Waals surface area contributed by atoms with Crippen molar-refractivity contribution in [2.24, 2.45) is 0 Å². The van der Waals surface area contributed by atoms with Crippen molar-refractivity contribution in [3.8, 4) is 0 Å². The summed E-state index contributed by atoms with van der Waals surface area (Å²) in [6.45, 7) is -0.134. The Balaban J connectivity index is 0.00000242. The first kappa shape index (κ1) is 9.82. The summed E-state index contributed by atoms with van der Waals surface area (Å²) in [6.07, 6.45) is -4.04. The Hall–Kier alpha value is -1.06. The average Bonchev–Trinajstić information content (AvgIpc) is 2.44. The maximum Gasteiger partial charge on any atom is 0.314 e. The van der Waals surface area contributed by atoms with E-state index < -0.39 is 30.7 Å². The normalized spacial score (nSPS) is 29.5. The van der Waals surface area contributed by atoms with Crippen molar-refractivity contribution in [1.29, 1.82) is 0 Å². The summed E-state index contributed by atoms with van der Waals surface area (Å²) in [6, 6.07) is 8.54. The molecule has 0 bridgehead atoms. The highest BCUT2D eigenvalue weighted by atomic mass is 35.5. The molecule has 1 aromatic rings. The number of carbonyl (C=O) groups excluding carboxylic acids is 1. The molecular formula is C14H20ClNO2. The molecule has 0 radical (unpaired) electrons. The van der Waals surface area contributed by atoms with Crippen LogP contribution in [0.1, 0.15) is 36.1 Å². The summed E-state index contributed by atoms with van der Waals surface area (Å²) in [5.74, 6) is -1.10. The Morgan fingerprint density at radius 1 is 1.44 bits per heavy atom. The summed E-state index contributed by atoms with van der Waals surface area (Å²) in [7, 11) is 1.30. The third kappa shape index (κ3) is 3.47. The van der Waals surface area contributed by atoms with Gasteiger partial charge in [-0.2, -0.15) is 0 Å². The van der Waals surface area contributed by atoms with Gasteiger partial charge in [0, 0.05) is 11.5 Å². The predicted molar refractivity (Wildman–Crippen MR) is 74.1 cm³/mol. The standard InChI is InChI=1S/C14H19NO2.ClH/c1-17-14(16)13(11-7-3-2-4-8-11)12-9-5-6-10-15-12;/h2-4,7-8,12-13,15H,5-6,9-10H2,1H3;1H/t12-,13?;/m0./s1/i5D2,6D2;. The minimum absolute atomic E-state index is 0. The molecule has 0 spiro atoms.